The van der Waals surface area contributed by atoms with Crippen LogP contribution in [0.3, 0.4) is 0 Å². The molecule has 2 fully saturated rings. The van der Waals surface area contributed by atoms with Crippen LogP contribution in [-0.4, -0.2) is 77.0 Å². The van der Waals surface area contributed by atoms with Crippen LogP contribution in [0.5, 0.6) is 5.75 Å². The van der Waals surface area contributed by atoms with Crippen LogP contribution in [0.15, 0.2) is 146 Å². The molecule has 4 atom stereocenters. The van der Waals surface area contributed by atoms with Crippen molar-refractivity contribution in [3.63, 3.8) is 0 Å². The third-order valence-corrected chi connectivity index (χ3v) is 15.5. The fraction of sp³-hybridized carbons (Fsp3) is 0.239. The Bertz CT molecular complexity index is 2230. The Labute approximate surface area is 370 Å². The number of benzene rings is 5. The average molecular weight is 940 g/mol. The zero-order chi connectivity index (χ0) is 41.6. The number of carbonyl (C=O) groups is 4. The molecular formula is C46H44AgN2O9PS. The van der Waals surface area contributed by atoms with E-state index in [0.717, 1.165) is 21.5 Å². The largest absolute Gasteiger partial charge is 1.00 e. The molecule has 1 unspecified atom stereocenters. The van der Waals surface area contributed by atoms with Gasteiger partial charge in [0.25, 0.3) is 0 Å². The van der Waals surface area contributed by atoms with Gasteiger partial charge in [0.2, 0.25) is 5.91 Å². The average Bonchev–Trinajstić information content (AvgIpc) is 3.26. The van der Waals surface area contributed by atoms with Gasteiger partial charge in [-0.05, 0) is 45.6 Å². The number of rotatable bonds is 15. The number of hydrogen-bond donors (Lipinski definition) is 0. The molecule has 7 rings (SSSR count). The summed E-state index contributed by atoms with van der Waals surface area (Å²) >= 11 is 6.26. The normalized spacial score (nSPS) is 19.1. The van der Waals surface area contributed by atoms with Gasteiger partial charge < -0.3 is 41.3 Å². The number of carbonyl (C=O) groups excluding carboxylic acids is 4. The molecule has 1 amide bonds. The van der Waals surface area contributed by atoms with Crippen LogP contribution >= 0.6 is 6.89 Å². The summed E-state index contributed by atoms with van der Waals surface area (Å²) in [6.45, 7) is -2.01. The van der Waals surface area contributed by atoms with E-state index in [2.05, 4.69) is 0 Å². The maximum atomic E-state index is 15.2. The summed E-state index contributed by atoms with van der Waals surface area (Å²) in [4.78, 5) is 64.6. The minimum absolute atomic E-state index is 0. The molecule has 0 aromatic heterocycles. The van der Waals surface area contributed by atoms with Gasteiger partial charge in [0.1, 0.15) is 30.5 Å². The molecule has 11 nitrogen and oxygen atoms in total. The zero-order valence-corrected chi connectivity index (χ0v) is 36.3. The molecule has 2 aliphatic heterocycles. The number of ether oxygens (including phenoxy) is 4. The molecule has 314 valence electrons. The van der Waals surface area contributed by atoms with Crippen molar-refractivity contribution in [2.45, 2.75) is 43.6 Å². The Morgan fingerprint density at radius 3 is 1.65 bits per heavy atom. The van der Waals surface area contributed by atoms with Crippen LogP contribution in [0.4, 0.5) is 0 Å². The molecular weight excluding hydrogens is 895 g/mol. The number of methoxy groups -OCH3 is 1. The number of esters is 3. The van der Waals surface area contributed by atoms with Crippen LogP contribution in [0, 0.1) is 5.92 Å². The summed E-state index contributed by atoms with van der Waals surface area (Å²) in [6.07, 6.45) is -1.29. The summed E-state index contributed by atoms with van der Waals surface area (Å²) in [6, 6.07) is 44.9. The Morgan fingerprint density at radius 1 is 0.733 bits per heavy atom. The number of amides is 1. The molecule has 60 heavy (non-hydrogen) atoms. The molecule has 0 aliphatic carbocycles. The van der Waals surface area contributed by atoms with E-state index in [-0.39, 0.29) is 47.4 Å². The van der Waals surface area contributed by atoms with Gasteiger partial charge in [-0.25, -0.2) is 9.59 Å². The van der Waals surface area contributed by atoms with Crippen molar-refractivity contribution >= 4 is 64.7 Å². The number of hydroxylamine groups is 2. The molecule has 0 saturated carbocycles. The topological polar surface area (TPSA) is 121 Å². The molecule has 5 aromatic carbocycles. The van der Waals surface area contributed by atoms with Crippen LogP contribution < -0.4 is 20.7 Å². The first-order chi connectivity index (χ1) is 28.7. The van der Waals surface area contributed by atoms with Gasteiger partial charge in [-0.15, -0.1) is 0 Å². The van der Waals surface area contributed by atoms with Crippen molar-refractivity contribution in [1.82, 2.24) is 9.96 Å². The maximum Gasteiger partial charge on any atom is 1.00 e. The van der Waals surface area contributed by atoms with E-state index in [0.29, 0.717) is 17.9 Å². The Balaban J connectivity index is 0.00000604. The third kappa shape index (κ3) is 8.38. The molecule has 0 radical (unpaired) electrons. The van der Waals surface area contributed by atoms with Gasteiger partial charge in [0.15, 0.2) is 5.54 Å². The Hall–Kier alpha value is -4.91. The zero-order valence-electron chi connectivity index (χ0n) is 33.1. The van der Waals surface area contributed by atoms with E-state index in [4.69, 9.17) is 36.4 Å². The van der Waals surface area contributed by atoms with E-state index in [9.17, 15) is 9.59 Å². The van der Waals surface area contributed by atoms with Crippen molar-refractivity contribution in [3.05, 3.63) is 157 Å². The predicted molar refractivity (Wildman–Crippen MR) is 227 cm³/mol. The number of likely N-dealkylation sites (tertiary alicyclic amines) is 1. The molecule has 0 spiro atoms. The quantitative estimate of drug-likeness (QED) is 0.0357. The van der Waals surface area contributed by atoms with Crippen LogP contribution in [-0.2, 0) is 86.4 Å². The fourth-order valence-electron chi connectivity index (χ4n) is 7.89. The van der Waals surface area contributed by atoms with Gasteiger partial charge in [0.05, 0.1) is 20.1 Å². The smallest absolute Gasteiger partial charge is 0.767 e. The van der Waals surface area contributed by atoms with Crippen molar-refractivity contribution in [2.75, 3.05) is 20.8 Å². The van der Waals surface area contributed by atoms with E-state index >= 15 is 9.59 Å². The number of hydrogen-bond acceptors (Lipinski definition) is 11. The van der Waals surface area contributed by atoms with Crippen molar-refractivity contribution in [2.24, 2.45) is 5.92 Å². The number of nitrogens with zero attached hydrogens (tertiary/aromatic N) is 2. The summed E-state index contributed by atoms with van der Waals surface area (Å²) in [5.41, 5.74) is -0.223. The first kappa shape index (κ1) is 44.6. The summed E-state index contributed by atoms with van der Waals surface area (Å²) in [5, 5.41) is 2.50. The second-order valence-electron chi connectivity index (χ2n) is 14.1. The summed E-state index contributed by atoms with van der Waals surface area (Å²) in [5.74, 6) is -3.46. The van der Waals surface area contributed by atoms with E-state index in [1.54, 1.807) is 31.4 Å². The van der Waals surface area contributed by atoms with Crippen molar-refractivity contribution in [3.8, 4) is 5.75 Å². The van der Waals surface area contributed by atoms with Gasteiger partial charge >= 0.3 is 40.3 Å². The Kier molecular flexibility index (Phi) is 14.6. The van der Waals surface area contributed by atoms with Gasteiger partial charge in [0, 0.05) is 20.4 Å². The van der Waals surface area contributed by atoms with Gasteiger partial charge in [-0.3, -0.25) is 9.59 Å². The standard InChI is InChI=1S/C46H45N2O9PS.Ag/c1-32(49)57-40(46(28-29-47(46)54-3)45(52)56-31-33-16-8-4-9-17-33)39-41(50)48(43(39)59)42(44(51)55-30-34-24-26-35(53-2)27-25-34)58(36-18-10-5-11-19-36,37-20-12-6-13-21-37)38-22-14-7-15-23-38;/h4-27,39-40,43,59H,28-31H2,1-3H3;/q;+1/p-1/t39-,40?,43+,46+;/m0./s1. The predicted octanol–water partition coefficient (Wildman–Crippen LogP) is 4.87. The van der Waals surface area contributed by atoms with Crippen LogP contribution in [0.25, 0.3) is 0 Å². The third-order valence-electron chi connectivity index (χ3n) is 10.8. The van der Waals surface area contributed by atoms with Crippen molar-refractivity contribution in [1.29, 1.82) is 0 Å². The molecule has 0 bridgehead atoms. The SMILES string of the molecule is COc1ccc(COC(=O)C(N2C(=O)[C@H](C(OC(C)=O)[C@@]3(C(=O)OCc4ccccc4)CCN3OC)[C@H]2[S-])=P(c2ccccc2)(c2ccccc2)c2ccccc2)cc1.[Ag+]. The molecule has 2 heterocycles. The molecule has 14 heteroatoms. The van der Waals surface area contributed by atoms with Crippen LogP contribution in [0.2, 0.25) is 0 Å². The van der Waals surface area contributed by atoms with E-state index in [1.165, 1.54) is 24.0 Å². The fourth-order valence-corrected chi connectivity index (χ4v) is 12.8. The van der Waals surface area contributed by atoms with Gasteiger partial charge in [-0.2, -0.15) is 5.06 Å². The first-order valence-corrected chi connectivity index (χ1v) is 21.3. The molecule has 5 aromatic rings. The molecule has 2 aliphatic rings. The minimum atomic E-state index is -3.32. The van der Waals surface area contributed by atoms with E-state index < -0.39 is 53.6 Å². The molecule has 0 N–H and O–H groups in total. The maximum absolute atomic E-state index is 15.2. The molecule has 2 saturated heterocycles. The summed E-state index contributed by atoms with van der Waals surface area (Å²) in [7, 11) is 2.96. The second kappa shape index (κ2) is 19.6. The Morgan fingerprint density at radius 2 is 1.22 bits per heavy atom. The van der Waals surface area contributed by atoms with Crippen molar-refractivity contribution < 1.29 is 65.3 Å². The minimum Gasteiger partial charge on any atom is -0.767 e. The van der Waals surface area contributed by atoms with Gasteiger partial charge in [-0.1, -0.05) is 139 Å². The summed E-state index contributed by atoms with van der Waals surface area (Å²) < 4.78 is 23.3. The number of β-lactam (4-membered cyclic amide) rings is 1. The first-order valence-electron chi connectivity index (χ1n) is 19.1. The van der Waals surface area contributed by atoms with Crippen LogP contribution in [0.1, 0.15) is 24.5 Å². The second-order valence-corrected chi connectivity index (χ2v) is 17.9. The van der Waals surface area contributed by atoms with E-state index in [1.807, 2.05) is 121 Å². The monoisotopic (exact) mass is 938 g/mol.